The molecule has 2 aromatic rings. The third-order valence-corrected chi connectivity index (χ3v) is 2.10. The molecule has 0 aliphatic carbocycles. The van der Waals surface area contributed by atoms with Crippen molar-refractivity contribution in [2.75, 3.05) is 5.32 Å². The van der Waals surface area contributed by atoms with Crippen molar-refractivity contribution in [1.82, 2.24) is 15.0 Å². The van der Waals surface area contributed by atoms with Crippen molar-refractivity contribution in [3.05, 3.63) is 24.4 Å². The van der Waals surface area contributed by atoms with Crippen LogP contribution in [0.1, 0.15) is 19.0 Å². The summed E-state index contributed by atoms with van der Waals surface area (Å²) >= 11 is 0. The number of nitrogens with zero attached hydrogens (tertiary/aromatic N) is 3. The number of carbonyl (C=O) groups excluding carboxylic acids is 1. The number of hydrogen-bond acceptors (Lipinski definition) is 5. The molecular weight excluding hydrogens is 220 g/mol. The molecule has 0 saturated heterocycles. The van der Waals surface area contributed by atoms with Crippen LogP contribution >= 0.6 is 0 Å². The molecule has 0 atom stereocenters. The highest BCUT2D eigenvalue weighted by Crippen LogP contribution is 2.16. The number of anilines is 1. The second kappa shape index (κ2) is 4.73. The van der Waals surface area contributed by atoms with Crippen LogP contribution in [0.15, 0.2) is 23.1 Å². The average molecular weight is 232 g/mol. The van der Waals surface area contributed by atoms with Crippen molar-refractivity contribution in [2.45, 2.75) is 20.3 Å². The van der Waals surface area contributed by atoms with Gasteiger partial charge in [0.25, 0.3) is 0 Å². The molecule has 2 rings (SSSR count). The molecule has 6 heteroatoms. The molecule has 0 unspecified atom stereocenters. The van der Waals surface area contributed by atoms with Crippen LogP contribution in [-0.4, -0.2) is 20.9 Å². The molecule has 0 fully saturated rings. The minimum atomic E-state index is -0.0911. The van der Waals surface area contributed by atoms with E-state index in [0.717, 1.165) is 5.69 Å². The fourth-order valence-electron chi connectivity index (χ4n) is 1.30. The smallest absolute Gasteiger partial charge is 0.225 e. The second-order valence-electron chi connectivity index (χ2n) is 3.49. The predicted molar refractivity (Wildman–Crippen MR) is 61.2 cm³/mol. The van der Waals surface area contributed by atoms with E-state index in [4.69, 9.17) is 4.42 Å². The number of nitrogens with one attached hydrogen (secondary N) is 1. The van der Waals surface area contributed by atoms with E-state index in [1.807, 2.05) is 6.92 Å². The quantitative estimate of drug-likeness (QED) is 0.872. The zero-order chi connectivity index (χ0) is 12.3. The monoisotopic (exact) mass is 232 g/mol. The lowest BCUT2D eigenvalue weighted by molar-refractivity contribution is -0.115. The van der Waals surface area contributed by atoms with E-state index in [0.29, 0.717) is 23.8 Å². The van der Waals surface area contributed by atoms with Crippen LogP contribution in [0.4, 0.5) is 5.82 Å². The van der Waals surface area contributed by atoms with Crippen LogP contribution in [-0.2, 0) is 4.79 Å². The number of hydrogen-bond donors (Lipinski definition) is 1. The van der Waals surface area contributed by atoms with E-state index in [1.54, 1.807) is 13.0 Å². The van der Waals surface area contributed by atoms with Crippen LogP contribution < -0.4 is 5.32 Å². The van der Waals surface area contributed by atoms with Gasteiger partial charge < -0.3 is 9.73 Å². The van der Waals surface area contributed by atoms with Gasteiger partial charge in [0.1, 0.15) is 5.82 Å². The summed E-state index contributed by atoms with van der Waals surface area (Å²) in [5.41, 5.74) is 0.748. The van der Waals surface area contributed by atoms with E-state index in [2.05, 4.69) is 20.3 Å². The van der Waals surface area contributed by atoms with Gasteiger partial charge in [-0.25, -0.2) is 15.0 Å². The minimum Gasteiger partial charge on any atom is -0.440 e. The average Bonchev–Trinajstić information content (AvgIpc) is 2.81. The minimum absolute atomic E-state index is 0.0911. The fourth-order valence-corrected chi connectivity index (χ4v) is 1.30. The van der Waals surface area contributed by atoms with Crippen LogP contribution in [0.3, 0.4) is 0 Å². The van der Waals surface area contributed by atoms with Crippen molar-refractivity contribution in [1.29, 1.82) is 0 Å². The van der Waals surface area contributed by atoms with Gasteiger partial charge in [-0.05, 0) is 6.92 Å². The molecular formula is C11H12N4O2. The lowest BCUT2D eigenvalue weighted by atomic mass is 10.3. The van der Waals surface area contributed by atoms with E-state index in [1.165, 1.54) is 12.6 Å². The van der Waals surface area contributed by atoms with Gasteiger partial charge in [0.2, 0.25) is 5.91 Å². The standard InChI is InChI=1S/C11H12N4O2/c1-3-10(16)14-9-4-7(2)13-11(15-9)8-5-12-6-17-8/h4-6H,3H2,1-2H3,(H,13,14,15,16). The SMILES string of the molecule is CCC(=O)Nc1cc(C)nc(-c2cnco2)n1. The lowest BCUT2D eigenvalue weighted by Gasteiger charge is -2.05. The molecule has 1 N–H and O–H groups in total. The van der Waals surface area contributed by atoms with Gasteiger partial charge in [0, 0.05) is 18.2 Å². The largest absolute Gasteiger partial charge is 0.440 e. The van der Waals surface area contributed by atoms with Crippen LogP contribution in [0.2, 0.25) is 0 Å². The zero-order valence-corrected chi connectivity index (χ0v) is 9.60. The molecule has 0 bridgehead atoms. The summed E-state index contributed by atoms with van der Waals surface area (Å²) in [6.45, 7) is 3.60. The van der Waals surface area contributed by atoms with Crippen LogP contribution in [0.25, 0.3) is 11.6 Å². The van der Waals surface area contributed by atoms with Gasteiger partial charge in [-0.3, -0.25) is 4.79 Å². The molecule has 0 aliphatic rings. The molecule has 0 aromatic carbocycles. The normalized spacial score (nSPS) is 10.2. The number of carbonyl (C=O) groups is 1. The maximum absolute atomic E-state index is 11.3. The Labute approximate surface area is 98.1 Å². The van der Waals surface area contributed by atoms with Crippen molar-refractivity contribution >= 4 is 11.7 Å². The summed E-state index contributed by atoms with van der Waals surface area (Å²) in [6.07, 6.45) is 3.24. The summed E-state index contributed by atoms with van der Waals surface area (Å²) in [4.78, 5) is 23.5. The molecule has 17 heavy (non-hydrogen) atoms. The topological polar surface area (TPSA) is 80.9 Å². The summed E-state index contributed by atoms with van der Waals surface area (Å²) in [5.74, 6) is 1.26. The van der Waals surface area contributed by atoms with E-state index in [9.17, 15) is 4.79 Å². The summed E-state index contributed by atoms with van der Waals surface area (Å²) in [7, 11) is 0. The number of amides is 1. The first-order valence-corrected chi connectivity index (χ1v) is 5.23. The molecule has 2 aromatic heterocycles. The Kier molecular flexibility index (Phi) is 3.13. The van der Waals surface area contributed by atoms with Gasteiger partial charge in [-0.2, -0.15) is 0 Å². The van der Waals surface area contributed by atoms with Crippen molar-refractivity contribution < 1.29 is 9.21 Å². The van der Waals surface area contributed by atoms with Crippen LogP contribution in [0, 0.1) is 6.92 Å². The number of rotatable bonds is 3. The highest BCUT2D eigenvalue weighted by Gasteiger charge is 2.09. The molecule has 1 amide bonds. The molecule has 0 aliphatic heterocycles. The van der Waals surface area contributed by atoms with Crippen molar-refractivity contribution in [3.8, 4) is 11.6 Å². The molecule has 6 nitrogen and oxygen atoms in total. The zero-order valence-electron chi connectivity index (χ0n) is 9.60. The molecule has 88 valence electrons. The number of oxazole rings is 1. The Morgan fingerprint density at radius 3 is 2.94 bits per heavy atom. The first kappa shape index (κ1) is 11.3. The van der Waals surface area contributed by atoms with E-state index >= 15 is 0 Å². The van der Waals surface area contributed by atoms with E-state index in [-0.39, 0.29) is 5.91 Å². The maximum atomic E-state index is 11.3. The summed E-state index contributed by atoms with van der Waals surface area (Å²) < 4.78 is 5.11. The molecule has 0 radical (unpaired) electrons. The molecule has 0 saturated carbocycles. The summed E-state index contributed by atoms with van der Waals surface area (Å²) in [5, 5.41) is 2.68. The fraction of sp³-hybridized carbons (Fsp3) is 0.273. The third-order valence-electron chi connectivity index (χ3n) is 2.10. The highest BCUT2D eigenvalue weighted by molar-refractivity contribution is 5.89. The first-order chi connectivity index (χ1) is 8.19. The number of aryl methyl sites for hydroxylation is 1. The van der Waals surface area contributed by atoms with Crippen LogP contribution in [0.5, 0.6) is 0 Å². The van der Waals surface area contributed by atoms with Gasteiger partial charge in [-0.1, -0.05) is 6.92 Å². The predicted octanol–water partition coefficient (Wildman–Crippen LogP) is 1.79. The van der Waals surface area contributed by atoms with Crippen molar-refractivity contribution in [2.24, 2.45) is 0 Å². The maximum Gasteiger partial charge on any atom is 0.225 e. The van der Waals surface area contributed by atoms with Gasteiger partial charge >= 0.3 is 0 Å². The molecule has 0 spiro atoms. The van der Waals surface area contributed by atoms with Gasteiger partial charge in [0.05, 0.1) is 6.20 Å². The first-order valence-electron chi connectivity index (χ1n) is 5.23. The van der Waals surface area contributed by atoms with Gasteiger partial charge in [-0.15, -0.1) is 0 Å². The Morgan fingerprint density at radius 2 is 2.29 bits per heavy atom. The van der Waals surface area contributed by atoms with E-state index < -0.39 is 0 Å². The van der Waals surface area contributed by atoms with Crippen molar-refractivity contribution in [3.63, 3.8) is 0 Å². The second-order valence-corrected chi connectivity index (χ2v) is 3.49. The Hall–Kier alpha value is -2.24. The Bertz CT molecular complexity index is 522. The van der Waals surface area contributed by atoms with Gasteiger partial charge in [0.15, 0.2) is 18.0 Å². The Morgan fingerprint density at radius 1 is 1.47 bits per heavy atom. The third kappa shape index (κ3) is 2.66. The lowest BCUT2D eigenvalue weighted by Crippen LogP contribution is -2.11. The molecule has 2 heterocycles. The number of aromatic nitrogens is 3. The Balaban J connectivity index is 2.33. The highest BCUT2D eigenvalue weighted by atomic mass is 16.3. The summed E-state index contributed by atoms with van der Waals surface area (Å²) in [6, 6.07) is 1.70.